The summed E-state index contributed by atoms with van der Waals surface area (Å²) in [5, 5.41) is 14.2. The van der Waals surface area contributed by atoms with Gasteiger partial charge < -0.3 is 20.5 Å². The standard InChI is InChI=1S/C26H28N2O5/c1-3-9-17(4-2)27-25(31)23(14-15-24(29)30)28-26(32)33-16-22-20-12-7-5-10-18(20)19-11-6-8-13-21(19)22/h2,5-8,10-13,17,22-23H,3,9,14-16H2,1H3,(H,27,31)(H,28,32)(H,29,30). The van der Waals surface area contributed by atoms with Crippen LogP contribution in [0.15, 0.2) is 48.5 Å². The second-order valence-electron chi connectivity index (χ2n) is 7.97. The molecule has 0 radical (unpaired) electrons. The molecule has 0 bridgehead atoms. The lowest BCUT2D eigenvalue weighted by Crippen LogP contribution is -2.49. The number of ether oxygens (including phenoxy) is 1. The Hall–Kier alpha value is -3.79. The van der Waals surface area contributed by atoms with Crippen molar-refractivity contribution in [1.82, 2.24) is 10.6 Å². The monoisotopic (exact) mass is 448 g/mol. The largest absolute Gasteiger partial charge is 0.481 e. The third-order valence-corrected chi connectivity index (χ3v) is 5.69. The molecular formula is C26H28N2O5. The van der Waals surface area contributed by atoms with Crippen molar-refractivity contribution in [2.75, 3.05) is 6.61 Å². The molecule has 0 saturated carbocycles. The average molecular weight is 449 g/mol. The minimum Gasteiger partial charge on any atom is -0.481 e. The molecule has 2 atom stereocenters. The Morgan fingerprint density at radius 3 is 2.18 bits per heavy atom. The van der Waals surface area contributed by atoms with Gasteiger partial charge in [-0.05, 0) is 35.1 Å². The number of alkyl carbamates (subject to hydrolysis) is 1. The summed E-state index contributed by atoms with van der Waals surface area (Å²) in [6.45, 7) is 2.03. The summed E-state index contributed by atoms with van der Waals surface area (Å²) in [5.41, 5.74) is 4.36. The van der Waals surface area contributed by atoms with Gasteiger partial charge in [0.25, 0.3) is 0 Å². The van der Waals surface area contributed by atoms with Gasteiger partial charge in [-0.1, -0.05) is 67.8 Å². The summed E-state index contributed by atoms with van der Waals surface area (Å²) in [5.74, 6) is 0.783. The Labute approximate surface area is 193 Å². The first-order valence-corrected chi connectivity index (χ1v) is 11.0. The Balaban J connectivity index is 1.66. The molecule has 2 aromatic carbocycles. The number of hydrogen-bond acceptors (Lipinski definition) is 4. The Morgan fingerprint density at radius 1 is 1.03 bits per heavy atom. The quantitative estimate of drug-likeness (QED) is 0.481. The number of fused-ring (bicyclic) bond motifs is 3. The van der Waals surface area contributed by atoms with Crippen LogP contribution in [0.3, 0.4) is 0 Å². The fourth-order valence-electron chi connectivity index (χ4n) is 4.08. The third kappa shape index (κ3) is 5.92. The topological polar surface area (TPSA) is 105 Å². The molecule has 172 valence electrons. The van der Waals surface area contributed by atoms with Crippen LogP contribution in [0.5, 0.6) is 0 Å². The molecule has 2 amide bonds. The van der Waals surface area contributed by atoms with Gasteiger partial charge in [0.1, 0.15) is 12.6 Å². The van der Waals surface area contributed by atoms with Gasteiger partial charge in [-0.15, -0.1) is 6.42 Å². The van der Waals surface area contributed by atoms with Crippen molar-refractivity contribution in [3.05, 3.63) is 59.7 Å². The van der Waals surface area contributed by atoms with Crippen molar-refractivity contribution in [2.45, 2.75) is 50.6 Å². The van der Waals surface area contributed by atoms with Crippen LogP contribution in [-0.2, 0) is 14.3 Å². The van der Waals surface area contributed by atoms with Gasteiger partial charge in [-0.25, -0.2) is 4.79 Å². The lowest BCUT2D eigenvalue weighted by molar-refractivity contribution is -0.137. The number of nitrogens with one attached hydrogen (secondary N) is 2. The number of carbonyl (C=O) groups is 3. The second-order valence-corrected chi connectivity index (χ2v) is 7.97. The molecule has 7 heteroatoms. The zero-order chi connectivity index (χ0) is 23.8. The van der Waals surface area contributed by atoms with Crippen LogP contribution in [-0.4, -0.2) is 41.8 Å². The molecule has 0 heterocycles. The highest BCUT2D eigenvalue weighted by atomic mass is 16.5. The van der Waals surface area contributed by atoms with Gasteiger partial charge >= 0.3 is 12.1 Å². The molecule has 0 fully saturated rings. The summed E-state index contributed by atoms with van der Waals surface area (Å²) >= 11 is 0. The fraction of sp³-hybridized carbons (Fsp3) is 0.346. The Bertz CT molecular complexity index is 1010. The van der Waals surface area contributed by atoms with E-state index in [4.69, 9.17) is 16.3 Å². The van der Waals surface area contributed by atoms with E-state index < -0.39 is 30.1 Å². The van der Waals surface area contributed by atoms with E-state index in [2.05, 4.69) is 16.6 Å². The van der Waals surface area contributed by atoms with Crippen LogP contribution in [0.1, 0.15) is 49.7 Å². The van der Waals surface area contributed by atoms with E-state index in [0.717, 1.165) is 28.7 Å². The summed E-state index contributed by atoms with van der Waals surface area (Å²) in [6, 6.07) is 14.4. The highest BCUT2D eigenvalue weighted by Crippen LogP contribution is 2.44. The molecule has 7 nitrogen and oxygen atoms in total. The van der Waals surface area contributed by atoms with E-state index >= 15 is 0 Å². The maximum absolute atomic E-state index is 12.7. The van der Waals surface area contributed by atoms with Crippen molar-refractivity contribution >= 4 is 18.0 Å². The van der Waals surface area contributed by atoms with E-state index in [1.54, 1.807) is 0 Å². The van der Waals surface area contributed by atoms with Gasteiger partial charge in [-0.3, -0.25) is 9.59 Å². The number of benzene rings is 2. The van der Waals surface area contributed by atoms with Crippen molar-refractivity contribution < 1.29 is 24.2 Å². The highest BCUT2D eigenvalue weighted by Gasteiger charge is 2.30. The lowest BCUT2D eigenvalue weighted by atomic mass is 9.98. The molecule has 2 unspecified atom stereocenters. The van der Waals surface area contributed by atoms with Crippen LogP contribution in [0.2, 0.25) is 0 Å². The second kappa shape index (κ2) is 11.2. The van der Waals surface area contributed by atoms with Gasteiger partial charge in [0.05, 0.1) is 6.04 Å². The zero-order valence-electron chi connectivity index (χ0n) is 18.5. The molecular weight excluding hydrogens is 420 g/mol. The average Bonchev–Trinajstić information content (AvgIpc) is 3.13. The normalized spacial score (nSPS) is 13.7. The minimum absolute atomic E-state index is 0.0746. The number of terminal acetylenes is 1. The first kappa shape index (κ1) is 23.9. The van der Waals surface area contributed by atoms with Crippen molar-refractivity contribution in [1.29, 1.82) is 0 Å². The first-order valence-electron chi connectivity index (χ1n) is 11.0. The highest BCUT2D eigenvalue weighted by molar-refractivity contribution is 5.86. The summed E-state index contributed by atoms with van der Waals surface area (Å²) in [4.78, 5) is 36.2. The Kier molecular flexibility index (Phi) is 8.09. The number of hydrogen-bond donors (Lipinski definition) is 3. The molecule has 0 saturated heterocycles. The van der Waals surface area contributed by atoms with E-state index in [1.807, 2.05) is 55.5 Å². The molecule has 0 aromatic heterocycles. The predicted octanol–water partition coefficient (Wildman–Crippen LogP) is 3.68. The molecule has 1 aliphatic rings. The number of carboxylic acid groups (broad SMARTS) is 1. The van der Waals surface area contributed by atoms with E-state index in [-0.39, 0.29) is 25.4 Å². The summed E-state index contributed by atoms with van der Waals surface area (Å²) < 4.78 is 5.49. The van der Waals surface area contributed by atoms with Crippen LogP contribution in [0.4, 0.5) is 4.79 Å². The van der Waals surface area contributed by atoms with Gasteiger partial charge in [0.15, 0.2) is 0 Å². The summed E-state index contributed by atoms with van der Waals surface area (Å²) in [7, 11) is 0. The first-order chi connectivity index (χ1) is 15.9. The minimum atomic E-state index is -1.07. The molecule has 0 spiro atoms. The van der Waals surface area contributed by atoms with E-state index in [1.165, 1.54) is 0 Å². The van der Waals surface area contributed by atoms with Gasteiger partial charge in [0.2, 0.25) is 5.91 Å². The van der Waals surface area contributed by atoms with Crippen LogP contribution >= 0.6 is 0 Å². The van der Waals surface area contributed by atoms with Crippen molar-refractivity contribution in [2.24, 2.45) is 0 Å². The maximum atomic E-state index is 12.7. The maximum Gasteiger partial charge on any atom is 0.407 e. The predicted molar refractivity (Wildman–Crippen MR) is 125 cm³/mol. The number of amides is 2. The number of carbonyl (C=O) groups excluding carboxylic acids is 2. The number of carboxylic acids is 1. The van der Waals surface area contributed by atoms with Gasteiger partial charge in [0, 0.05) is 12.3 Å². The van der Waals surface area contributed by atoms with Gasteiger partial charge in [-0.2, -0.15) is 0 Å². The SMILES string of the molecule is C#CC(CCC)NC(=O)C(CCC(=O)O)NC(=O)OCC1c2ccccc2-c2ccccc21. The zero-order valence-corrected chi connectivity index (χ0v) is 18.5. The third-order valence-electron chi connectivity index (χ3n) is 5.69. The van der Waals surface area contributed by atoms with E-state index in [9.17, 15) is 14.4 Å². The number of aliphatic carboxylic acids is 1. The molecule has 0 aliphatic heterocycles. The molecule has 2 aromatic rings. The fourth-order valence-corrected chi connectivity index (χ4v) is 4.08. The van der Waals surface area contributed by atoms with Crippen LogP contribution in [0.25, 0.3) is 11.1 Å². The van der Waals surface area contributed by atoms with Crippen molar-refractivity contribution in [3.63, 3.8) is 0 Å². The molecule has 3 N–H and O–H groups in total. The smallest absolute Gasteiger partial charge is 0.407 e. The molecule has 1 aliphatic carbocycles. The van der Waals surface area contributed by atoms with Crippen LogP contribution < -0.4 is 10.6 Å². The molecule has 3 rings (SSSR count). The van der Waals surface area contributed by atoms with Crippen molar-refractivity contribution in [3.8, 4) is 23.5 Å². The van der Waals surface area contributed by atoms with Crippen LogP contribution in [0, 0.1) is 12.3 Å². The Morgan fingerprint density at radius 2 is 1.64 bits per heavy atom. The summed E-state index contributed by atoms with van der Waals surface area (Å²) in [6.07, 6.45) is 5.67. The molecule has 33 heavy (non-hydrogen) atoms. The lowest BCUT2D eigenvalue weighted by Gasteiger charge is -2.21. The number of rotatable bonds is 10. The van der Waals surface area contributed by atoms with E-state index in [0.29, 0.717) is 6.42 Å².